The zero-order chi connectivity index (χ0) is 12.8. The summed E-state index contributed by atoms with van der Waals surface area (Å²) < 4.78 is 37.4. The summed E-state index contributed by atoms with van der Waals surface area (Å²) in [5, 5.41) is 0. The summed E-state index contributed by atoms with van der Waals surface area (Å²) in [6, 6.07) is 5.15. The summed E-state index contributed by atoms with van der Waals surface area (Å²) in [5.41, 5.74) is 1.62. The third-order valence-electron chi connectivity index (χ3n) is 2.62. The number of hydrogen-bond acceptors (Lipinski definition) is 1. The van der Waals surface area contributed by atoms with Crippen LogP contribution in [0.15, 0.2) is 18.2 Å². The number of nitrogens with one attached hydrogen (secondary N) is 1. The number of H-pyrrole nitrogens is 1. The van der Waals surface area contributed by atoms with Crippen molar-refractivity contribution in [3.63, 3.8) is 0 Å². The lowest BCUT2D eigenvalue weighted by Gasteiger charge is -2.18. The molecule has 1 N–H and O–H groups in total. The lowest BCUT2D eigenvalue weighted by molar-refractivity contribution is -0.144. The molecule has 17 heavy (non-hydrogen) atoms. The number of rotatable bonds is 0. The highest BCUT2D eigenvalue weighted by molar-refractivity contribution is 5.76. The van der Waals surface area contributed by atoms with Gasteiger partial charge in [0.2, 0.25) is 5.82 Å². The predicted molar refractivity (Wildman–Crippen MR) is 59.8 cm³/mol. The van der Waals surface area contributed by atoms with E-state index < -0.39 is 12.0 Å². The number of aromatic nitrogens is 2. The van der Waals surface area contributed by atoms with E-state index in [0.717, 1.165) is 5.56 Å². The van der Waals surface area contributed by atoms with Crippen LogP contribution in [0.2, 0.25) is 0 Å². The van der Waals surface area contributed by atoms with Crippen LogP contribution in [0, 0.1) is 0 Å². The van der Waals surface area contributed by atoms with Crippen LogP contribution in [0.4, 0.5) is 13.2 Å². The van der Waals surface area contributed by atoms with Gasteiger partial charge in [0, 0.05) is 0 Å². The Morgan fingerprint density at radius 1 is 1.12 bits per heavy atom. The van der Waals surface area contributed by atoms with Gasteiger partial charge in [-0.3, -0.25) is 0 Å². The van der Waals surface area contributed by atoms with Crippen molar-refractivity contribution in [3.8, 4) is 0 Å². The van der Waals surface area contributed by atoms with Crippen LogP contribution >= 0.6 is 0 Å². The van der Waals surface area contributed by atoms with Gasteiger partial charge in [0.05, 0.1) is 11.0 Å². The van der Waals surface area contributed by atoms with Gasteiger partial charge < -0.3 is 4.98 Å². The van der Waals surface area contributed by atoms with E-state index in [9.17, 15) is 13.2 Å². The average Bonchev–Trinajstić information content (AvgIpc) is 2.57. The first-order valence-corrected chi connectivity index (χ1v) is 5.25. The van der Waals surface area contributed by atoms with E-state index in [4.69, 9.17) is 0 Å². The molecular formula is C12H13F3N2. The summed E-state index contributed by atoms with van der Waals surface area (Å²) >= 11 is 0. The largest absolute Gasteiger partial charge is 0.449 e. The molecule has 0 aliphatic carbocycles. The summed E-state index contributed by atoms with van der Waals surface area (Å²) in [6.45, 7) is 6.02. The summed E-state index contributed by atoms with van der Waals surface area (Å²) in [5.74, 6) is -0.946. The van der Waals surface area contributed by atoms with E-state index in [2.05, 4.69) is 9.97 Å². The maximum absolute atomic E-state index is 12.5. The van der Waals surface area contributed by atoms with Gasteiger partial charge in [-0.2, -0.15) is 13.2 Å². The smallest absolute Gasteiger partial charge is 0.334 e. The molecule has 2 rings (SSSR count). The monoisotopic (exact) mass is 242 g/mol. The van der Waals surface area contributed by atoms with Gasteiger partial charge in [0.1, 0.15) is 0 Å². The molecule has 0 saturated carbocycles. The van der Waals surface area contributed by atoms with Crippen LogP contribution in [0.25, 0.3) is 11.0 Å². The van der Waals surface area contributed by atoms with Crippen molar-refractivity contribution >= 4 is 11.0 Å². The topological polar surface area (TPSA) is 28.7 Å². The van der Waals surface area contributed by atoms with E-state index in [-0.39, 0.29) is 5.41 Å². The molecule has 0 aliphatic heterocycles. The SMILES string of the molecule is CC(C)(C)c1ccc2[nH]c(C(F)(F)F)nc2c1. The first kappa shape index (κ1) is 12.0. The van der Waals surface area contributed by atoms with Crippen LogP contribution in [0.3, 0.4) is 0 Å². The fraction of sp³-hybridized carbons (Fsp3) is 0.417. The molecule has 0 radical (unpaired) electrons. The molecular weight excluding hydrogens is 229 g/mol. The van der Waals surface area contributed by atoms with Gasteiger partial charge >= 0.3 is 6.18 Å². The Hall–Kier alpha value is -1.52. The summed E-state index contributed by atoms with van der Waals surface area (Å²) in [7, 11) is 0. The van der Waals surface area contributed by atoms with Crippen LogP contribution in [-0.2, 0) is 11.6 Å². The molecule has 2 aromatic rings. The van der Waals surface area contributed by atoms with Crippen LogP contribution in [0.5, 0.6) is 0 Å². The van der Waals surface area contributed by atoms with Crippen LogP contribution in [0.1, 0.15) is 32.2 Å². The fourth-order valence-electron chi connectivity index (χ4n) is 1.61. The lowest BCUT2D eigenvalue weighted by atomic mass is 9.87. The van der Waals surface area contributed by atoms with Crippen molar-refractivity contribution in [1.82, 2.24) is 9.97 Å². The fourth-order valence-corrected chi connectivity index (χ4v) is 1.61. The van der Waals surface area contributed by atoms with E-state index in [1.165, 1.54) is 0 Å². The lowest BCUT2D eigenvalue weighted by Crippen LogP contribution is -2.10. The third-order valence-corrected chi connectivity index (χ3v) is 2.62. The maximum atomic E-state index is 12.5. The highest BCUT2D eigenvalue weighted by Crippen LogP contribution is 2.30. The quantitative estimate of drug-likeness (QED) is 0.746. The van der Waals surface area contributed by atoms with Crippen molar-refractivity contribution in [2.75, 3.05) is 0 Å². The normalized spacial score (nSPS) is 13.3. The molecule has 2 nitrogen and oxygen atoms in total. The van der Waals surface area contributed by atoms with Gasteiger partial charge in [-0.25, -0.2) is 4.98 Å². The van der Waals surface area contributed by atoms with Crippen LogP contribution in [-0.4, -0.2) is 9.97 Å². The molecule has 0 atom stereocenters. The minimum Gasteiger partial charge on any atom is -0.334 e. The van der Waals surface area contributed by atoms with Crippen molar-refractivity contribution in [2.24, 2.45) is 0 Å². The average molecular weight is 242 g/mol. The molecule has 92 valence electrons. The second-order valence-corrected chi connectivity index (χ2v) is 5.07. The van der Waals surface area contributed by atoms with Gasteiger partial charge in [-0.05, 0) is 23.1 Å². The zero-order valence-corrected chi connectivity index (χ0v) is 9.81. The summed E-state index contributed by atoms with van der Waals surface area (Å²) in [4.78, 5) is 5.86. The maximum Gasteiger partial charge on any atom is 0.449 e. The van der Waals surface area contributed by atoms with Gasteiger partial charge in [0.15, 0.2) is 0 Å². The van der Waals surface area contributed by atoms with Gasteiger partial charge in [0.25, 0.3) is 0 Å². The van der Waals surface area contributed by atoms with Crippen LogP contribution < -0.4 is 0 Å². The minimum atomic E-state index is -4.43. The zero-order valence-electron chi connectivity index (χ0n) is 9.81. The predicted octanol–water partition coefficient (Wildman–Crippen LogP) is 3.88. The highest BCUT2D eigenvalue weighted by atomic mass is 19.4. The third kappa shape index (κ3) is 2.28. The standard InChI is InChI=1S/C12H13F3N2/c1-11(2,3)7-4-5-8-9(6-7)17-10(16-8)12(13,14)15/h4-6H,1-3H3,(H,16,17). The Labute approximate surface area is 96.9 Å². The Morgan fingerprint density at radius 2 is 1.76 bits per heavy atom. The van der Waals surface area contributed by atoms with E-state index in [1.807, 2.05) is 26.8 Å². The molecule has 0 fully saturated rings. The number of benzene rings is 1. The Balaban J connectivity index is 2.56. The highest BCUT2D eigenvalue weighted by Gasteiger charge is 2.34. The number of fused-ring (bicyclic) bond motifs is 1. The van der Waals surface area contributed by atoms with Gasteiger partial charge in [-0.1, -0.05) is 26.8 Å². The second-order valence-electron chi connectivity index (χ2n) is 5.07. The Bertz CT molecular complexity index is 535. The number of halogens is 3. The van der Waals surface area contributed by atoms with Crippen molar-refractivity contribution < 1.29 is 13.2 Å². The minimum absolute atomic E-state index is 0.106. The molecule has 0 amide bonds. The first-order chi connectivity index (χ1) is 7.68. The number of nitrogens with zero attached hydrogens (tertiary/aromatic N) is 1. The molecule has 0 saturated heterocycles. The molecule has 0 unspecified atom stereocenters. The second kappa shape index (κ2) is 3.48. The molecule has 5 heteroatoms. The molecule has 0 bridgehead atoms. The van der Waals surface area contributed by atoms with E-state index in [0.29, 0.717) is 11.0 Å². The Kier molecular flexibility index (Phi) is 2.45. The molecule has 1 heterocycles. The van der Waals surface area contributed by atoms with Crippen molar-refractivity contribution in [3.05, 3.63) is 29.6 Å². The number of hydrogen-bond donors (Lipinski definition) is 1. The number of alkyl halides is 3. The molecule has 0 spiro atoms. The molecule has 1 aromatic carbocycles. The van der Waals surface area contributed by atoms with Crippen molar-refractivity contribution in [2.45, 2.75) is 32.4 Å². The molecule has 0 aliphatic rings. The molecule has 1 aromatic heterocycles. The first-order valence-electron chi connectivity index (χ1n) is 5.25. The van der Waals surface area contributed by atoms with E-state index in [1.54, 1.807) is 12.1 Å². The van der Waals surface area contributed by atoms with E-state index >= 15 is 0 Å². The Morgan fingerprint density at radius 3 is 2.29 bits per heavy atom. The summed E-state index contributed by atoms with van der Waals surface area (Å²) in [6.07, 6.45) is -4.43. The number of imidazole rings is 1. The van der Waals surface area contributed by atoms with Crippen molar-refractivity contribution in [1.29, 1.82) is 0 Å². The number of aromatic amines is 1. The van der Waals surface area contributed by atoms with Gasteiger partial charge in [-0.15, -0.1) is 0 Å².